The molecule has 0 aliphatic heterocycles. The van der Waals surface area contributed by atoms with Gasteiger partial charge in [-0.1, -0.05) is 279 Å². The van der Waals surface area contributed by atoms with Gasteiger partial charge in [-0.25, -0.2) is 0 Å². The number of aryl methyl sites for hydroxylation is 2. The summed E-state index contributed by atoms with van der Waals surface area (Å²) in [6.07, 6.45) is 12.5. The van der Waals surface area contributed by atoms with Crippen molar-refractivity contribution in [1.29, 1.82) is 0 Å². The molecule has 0 unspecified atom stereocenters. The van der Waals surface area contributed by atoms with Crippen molar-refractivity contribution in [3.63, 3.8) is 0 Å². The quantitative estimate of drug-likeness (QED) is 0.0572. The van der Waals surface area contributed by atoms with Crippen molar-refractivity contribution in [1.82, 2.24) is 0 Å². The molecule has 0 atom stereocenters. The van der Waals surface area contributed by atoms with Gasteiger partial charge in [0.2, 0.25) is 0 Å². The van der Waals surface area contributed by atoms with Crippen LogP contribution in [0.3, 0.4) is 0 Å². The monoisotopic (exact) mass is 1430 g/mol. The minimum Gasteiger partial charge on any atom is -0.355 e. The van der Waals surface area contributed by atoms with Crippen LogP contribution in [0, 0.1) is 0 Å². The number of hydrogen-bond donors (Lipinski definition) is 1. The molecular formula is C88H101BrCl4N4. The molecule has 4 nitrogen and oxygen atoms in total. The average molecular weight is 1440 g/mol. The molecule has 508 valence electrons. The Balaban J connectivity index is 0.000000222. The van der Waals surface area contributed by atoms with E-state index in [-0.39, 0.29) is 21.7 Å². The van der Waals surface area contributed by atoms with Crippen molar-refractivity contribution in [2.24, 2.45) is 0 Å². The second kappa shape index (κ2) is 34.7. The summed E-state index contributed by atoms with van der Waals surface area (Å²) >= 11 is 28.1. The van der Waals surface area contributed by atoms with Gasteiger partial charge in [0.15, 0.2) is 0 Å². The highest BCUT2D eigenvalue weighted by molar-refractivity contribution is 9.10. The molecule has 0 aliphatic rings. The Morgan fingerprint density at radius 3 is 1.02 bits per heavy atom. The first-order valence-corrected chi connectivity index (χ1v) is 36.9. The number of benzene rings is 10. The van der Waals surface area contributed by atoms with Gasteiger partial charge in [-0.3, -0.25) is 0 Å². The summed E-state index contributed by atoms with van der Waals surface area (Å²) in [6, 6.07) is 82.4. The van der Waals surface area contributed by atoms with E-state index in [1.165, 1.54) is 84.7 Å². The highest BCUT2D eigenvalue weighted by Gasteiger charge is 2.24. The maximum absolute atomic E-state index is 6.93. The summed E-state index contributed by atoms with van der Waals surface area (Å²) in [4.78, 5) is 6.89. The lowest BCUT2D eigenvalue weighted by Gasteiger charge is -2.31. The van der Waals surface area contributed by atoms with Crippen LogP contribution >= 0.6 is 62.3 Å². The van der Waals surface area contributed by atoms with Crippen LogP contribution in [0.1, 0.15) is 182 Å². The van der Waals surface area contributed by atoms with Crippen molar-refractivity contribution in [3.05, 3.63) is 288 Å². The second-order valence-corrected chi connectivity index (χ2v) is 31.9. The normalized spacial score (nSPS) is 11.7. The van der Waals surface area contributed by atoms with Crippen LogP contribution in [0.25, 0.3) is 0 Å². The number of anilines is 11. The van der Waals surface area contributed by atoms with Gasteiger partial charge in [0.05, 0.1) is 25.8 Å². The molecule has 0 aliphatic carbocycles. The molecule has 0 saturated carbocycles. The number of nitrogens with one attached hydrogen (secondary N) is 1. The lowest BCUT2D eigenvalue weighted by molar-refractivity contribution is 0.590. The van der Waals surface area contributed by atoms with Gasteiger partial charge < -0.3 is 20.0 Å². The molecule has 10 aromatic rings. The first-order valence-electron chi connectivity index (χ1n) is 34.6. The van der Waals surface area contributed by atoms with E-state index in [9.17, 15) is 0 Å². The van der Waals surface area contributed by atoms with Crippen LogP contribution in [0.5, 0.6) is 0 Å². The average Bonchev–Trinajstić information content (AvgIpc) is 0.795. The van der Waals surface area contributed by atoms with E-state index in [2.05, 4.69) is 327 Å². The second-order valence-electron chi connectivity index (χ2n) is 29.5. The number of nitrogens with zero attached hydrogens (tertiary/aromatic N) is 3. The van der Waals surface area contributed by atoms with Crippen molar-refractivity contribution < 1.29 is 0 Å². The summed E-state index contributed by atoms with van der Waals surface area (Å²) < 4.78 is 0.830. The molecule has 10 rings (SSSR count). The van der Waals surface area contributed by atoms with Crippen molar-refractivity contribution in [2.45, 2.75) is 183 Å². The minimum absolute atomic E-state index is 0.0689. The Hall–Kier alpha value is -6.96. The fraction of sp³-hybridized carbons (Fsp3) is 0.318. The van der Waals surface area contributed by atoms with E-state index < -0.39 is 0 Å². The zero-order chi connectivity index (χ0) is 70.1. The van der Waals surface area contributed by atoms with Gasteiger partial charge >= 0.3 is 0 Å². The van der Waals surface area contributed by atoms with Crippen molar-refractivity contribution in [2.75, 3.05) is 20.0 Å². The molecule has 97 heavy (non-hydrogen) atoms. The molecule has 1 N–H and O–H groups in total. The highest BCUT2D eigenvalue weighted by atomic mass is 79.9. The largest absolute Gasteiger partial charge is 0.355 e. The number of halogens is 5. The van der Waals surface area contributed by atoms with E-state index in [1.807, 2.05) is 30.3 Å². The molecule has 0 aromatic heterocycles. The molecular weight excluding hydrogens is 1330 g/mol. The van der Waals surface area contributed by atoms with Gasteiger partial charge in [0, 0.05) is 61.3 Å². The van der Waals surface area contributed by atoms with Crippen LogP contribution in [0.2, 0.25) is 20.1 Å². The van der Waals surface area contributed by atoms with Crippen molar-refractivity contribution in [3.8, 4) is 0 Å². The lowest BCUT2D eigenvalue weighted by Crippen LogP contribution is -2.15. The summed E-state index contributed by atoms with van der Waals surface area (Å²) in [6.45, 7) is 31.6. The van der Waals surface area contributed by atoms with Crippen LogP contribution in [-0.2, 0) is 34.5 Å². The minimum atomic E-state index is 0.0689. The third kappa shape index (κ3) is 21.5. The van der Waals surface area contributed by atoms with Crippen LogP contribution < -0.4 is 20.0 Å². The SMILES string of the molecule is CCCCCCc1ccc(N(c2cccc(N(c3ccc(C(C)(C)C)cc3)c3ccc(C(C)(C)C)cc3)c2)c2cccc(Cl)c2Cl)cc1.CCCCCCc1ccc(Nc2cccc(N(c3ccc(C(C)(C)C)cc3)c3ccc(C(C)(C)C)cc3)c2)cc1.Clc1cccc(Br)c1Cl. The molecule has 0 amide bonds. The Labute approximate surface area is 611 Å². The Morgan fingerprint density at radius 2 is 0.639 bits per heavy atom. The Morgan fingerprint density at radius 1 is 0.309 bits per heavy atom. The van der Waals surface area contributed by atoms with Crippen molar-refractivity contribution >= 4 is 125 Å². The molecule has 0 saturated heterocycles. The van der Waals surface area contributed by atoms with Crippen LogP contribution in [0.4, 0.5) is 62.6 Å². The smallest absolute Gasteiger partial charge is 0.0832 e. The summed E-state index contributed by atoms with van der Waals surface area (Å²) in [7, 11) is 0. The Kier molecular flexibility index (Phi) is 27.1. The van der Waals surface area contributed by atoms with Gasteiger partial charge in [-0.2, -0.15) is 0 Å². The first-order chi connectivity index (χ1) is 46.1. The van der Waals surface area contributed by atoms with Gasteiger partial charge in [-0.05, 0) is 230 Å². The molecule has 10 aromatic carbocycles. The third-order valence-electron chi connectivity index (χ3n) is 17.6. The van der Waals surface area contributed by atoms with E-state index in [0.717, 1.165) is 79.9 Å². The molecule has 0 spiro atoms. The summed E-state index contributed by atoms with van der Waals surface area (Å²) in [5.41, 5.74) is 20.2. The first kappa shape index (κ1) is 75.8. The van der Waals surface area contributed by atoms with E-state index in [4.69, 9.17) is 46.4 Å². The van der Waals surface area contributed by atoms with E-state index in [0.29, 0.717) is 20.1 Å². The van der Waals surface area contributed by atoms with Gasteiger partial charge in [-0.15, -0.1) is 0 Å². The molecule has 0 fully saturated rings. The molecule has 0 bridgehead atoms. The zero-order valence-electron chi connectivity index (χ0n) is 59.7. The third-order valence-corrected chi connectivity index (χ3v) is 20.1. The fourth-order valence-corrected chi connectivity index (χ4v) is 12.8. The maximum Gasteiger partial charge on any atom is 0.0832 e. The summed E-state index contributed by atoms with van der Waals surface area (Å²) in [5.74, 6) is 0. The molecule has 0 radical (unpaired) electrons. The molecule has 9 heteroatoms. The standard InChI is InChI=1S/C44H50Cl2N2.C38H48N2.C6H3BrCl2/c1-8-9-10-11-14-32-19-25-37(26-20-32)48(41-18-13-17-40(45)42(41)46)39-16-12-15-38(31-39)47(35-27-21-33(22-28-35)43(2,3)4)36-29-23-34(24-30-36)44(5,6)7;1-8-9-10-11-13-29-16-22-32(23-17-29)39-33-14-12-15-36(28-33)40(34-24-18-30(19-25-34)37(2,3)4)35-26-20-31(21-27-35)38(5,6)7;7-4-2-1-3-5(8)6(4)9/h12-13,15-31H,8-11,14H2,1-7H3;12,14-28,39H,8-11,13H2,1-7H3;1-3H. The predicted octanol–water partition coefficient (Wildman–Crippen LogP) is 30.0. The van der Waals surface area contributed by atoms with E-state index >= 15 is 0 Å². The zero-order valence-corrected chi connectivity index (χ0v) is 64.4. The van der Waals surface area contributed by atoms with Crippen LogP contribution in [0.15, 0.2) is 235 Å². The topological polar surface area (TPSA) is 21.8 Å². The lowest BCUT2D eigenvalue weighted by atomic mass is 9.86. The van der Waals surface area contributed by atoms with Gasteiger partial charge in [0.25, 0.3) is 0 Å². The predicted molar refractivity (Wildman–Crippen MR) is 431 cm³/mol. The molecule has 0 heterocycles. The number of rotatable bonds is 21. The van der Waals surface area contributed by atoms with E-state index in [1.54, 1.807) is 6.07 Å². The fourth-order valence-electron chi connectivity index (χ4n) is 11.6. The van der Waals surface area contributed by atoms with Crippen LogP contribution in [-0.4, -0.2) is 0 Å². The maximum atomic E-state index is 6.93. The highest BCUT2D eigenvalue weighted by Crippen LogP contribution is 2.46. The van der Waals surface area contributed by atoms with Gasteiger partial charge in [0.1, 0.15) is 0 Å². The Bertz CT molecular complexity index is 3930. The number of hydrogen-bond acceptors (Lipinski definition) is 4. The summed E-state index contributed by atoms with van der Waals surface area (Å²) in [5, 5.41) is 5.84. The number of unbranched alkanes of at least 4 members (excludes halogenated alkanes) is 6.